The average Bonchev–Trinajstić information content (AvgIpc) is 1.76. The van der Waals surface area contributed by atoms with E-state index in [1.807, 2.05) is 0 Å². The molecule has 0 atom stereocenters. The van der Waals surface area contributed by atoms with Gasteiger partial charge in [0, 0.05) is 0 Å². The van der Waals surface area contributed by atoms with Crippen molar-refractivity contribution in [2.24, 2.45) is 0 Å². The summed E-state index contributed by atoms with van der Waals surface area (Å²) >= 11 is 0. The summed E-state index contributed by atoms with van der Waals surface area (Å²) in [6, 6.07) is 1.71. The molecule has 0 unspecified atom stereocenters. The van der Waals surface area contributed by atoms with Gasteiger partial charge in [-0.25, -0.2) is 0 Å². The zero-order chi connectivity index (χ0) is 3.54. The van der Waals surface area contributed by atoms with Crippen LogP contribution in [0.5, 0.6) is 0 Å². The third-order valence-corrected chi connectivity index (χ3v) is 0.362. The molecule has 0 bridgehead atoms. The van der Waals surface area contributed by atoms with Crippen molar-refractivity contribution in [1.29, 1.82) is 0 Å². The largest absolute Gasteiger partial charge is 4.00 e. The van der Waals surface area contributed by atoms with E-state index >= 15 is 0 Å². The summed E-state index contributed by atoms with van der Waals surface area (Å²) in [7, 11) is 0. The number of rotatable bonds is 0. The van der Waals surface area contributed by atoms with Crippen molar-refractivity contribution in [3.8, 4) is 0 Å². The van der Waals surface area contributed by atoms with Crippen molar-refractivity contribution in [2.75, 3.05) is 0 Å². The summed E-state index contributed by atoms with van der Waals surface area (Å²) in [5.74, 6) is 0. The van der Waals surface area contributed by atoms with Crippen LogP contribution in [0.15, 0.2) is 12.3 Å². The maximum absolute atomic E-state index is 3.47. The second kappa shape index (κ2) is 16.0. The van der Waals surface area contributed by atoms with Gasteiger partial charge in [-0.3, -0.25) is 0 Å². The number of nitrogens with zero attached hydrogens (tertiary/aromatic N) is 1. The van der Waals surface area contributed by atoms with Crippen LogP contribution in [0.25, 0.3) is 0 Å². The first-order chi connectivity index (χ1) is 2.50. The van der Waals surface area contributed by atoms with Gasteiger partial charge in [0.1, 0.15) is 0 Å². The van der Waals surface area contributed by atoms with Gasteiger partial charge in [0.2, 0.25) is 0 Å². The number of nitrogens with one attached hydrogen (secondary N) is 1. The van der Waals surface area contributed by atoms with E-state index in [2.05, 4.69) is 16.4 Å². The zero-order valence-corrected chi connectivity index (χ0v) is 8.96. The molecule has 1 rings (SSSR count). The first kappa shape index (κ1) is 22.5. The Morgan fingerprint density at radius 3 is 1.89 bits per heavy atom. The molecule has 50 valence electrons. The topological polar surface area (TPSA) is 28.7 Å². The Balaban J connectivity index is -0.0000000312. The minimum Gasteiger partial charge on any atom is -1.00 e. The Kier molecular flexibility index (Phi) is 40.0. The predicted molar refractivity (Wildman–Crippen MR) is 17.4 cm³/mol. The van der Waals surface area contributed by atoms with E-state index < -0.39 is 0 Å². The number of aromatic nitrogens is 2. The SMILES string of the molecule is [Cl-].[Cl-].[Cl-].[Zr+4].[c-]1cc[nH]n1. The Hall–Kier alpha value is 0.963. The minimum absolute atomic E-state index is 0. The molecule has 6 heteroatoms. The van der Waals surface area contributed by atoms with E-state index in [1.54, 1.807) is 12.3 Å². The number of hydrogen-bond acceptors (Lipinski definition) is 1. The van der Waals surface area contributed by atoms with Crippen LogP contribution in [-0.2, 0) is 26.2 Å². The number of halogens is 3. The standard InChI is InChI=1S/C3H3N2.3ClH.Zr/c1-2-4-5-3-1;;;;/h1-2H,(H,4,5);3*1H;/q-1;;;;+4/p-3. The van der Waals surface area contributed by atoms with E-state index in [1.165, 1.54) is 0 Å². The fourth-order valence-corrected chi connectivity index (χ4v) is 0.186. The monoisotopic (exact) mass is 262 g/mol. The van der Waals surface area contributed by atoms with E-state index in [-0.39, 0.29) is 63.4 Å². The van der Waals surface area contributed by atoms with Gasteiger partial charge in [-0.1, -0.05) is 0 Å². The van der Waals surface area contributed by atoms with Crippen LogP contribution in [0, 0.1) is 6.20 Å². The van der Waals surface area contributed by atoms with Crippen molar-refractivity contribution in [3.05, 3.63) is 18.5 Å². The van der Waals surface area contributed by atoms with Crippen molar-refractivity contribution < 1.29 is 63.4 Å². The number of H-pyrrole nitrogens is 1. The number of aromatic amines is 1. The Morgan fingerprint density at radius 2 is 1.78 bits per heavy atom. The molecular formula is C3H3Cl3N2Zr. The number of hydrogen-bond donors (Lipinski definition) is 1. The van der Waals surface area contributed by atoms with Crippen molar-refractivity contribution in [2.45, 2.75) is 0 Å². The summed E-state index contributed by atoms with van der Waals surface area (Å²) in [6.07, 6.45) is 4.26. The molecule has 0 spiro atoms. The van der Waals surface area contributed by atoms with Crippen LogP contribution in [-0.4, -0.2) is 10.2 Å². The Bertz CT molecular complexity index is 73.5. The molecule has 0 radical (unpaired) electrons. The van der Waals surface area contributed by atoms with Crippen LogP contribution in [0.1, 0.15) is 0 Å². The van der Waals surface area contributed by atoms with Crippen molar-refractivity contribution in [3.63, 3.8) is 0 Å². The summed E-state index contributed by atoms with van der Waals surface area (Å²) < 4.78 is 0. The second-order valence-corrected chi connectivity index (χ2v) is 0.703. The summed E-state index contributed by atoms with van der Waals surface area (Å²) in [5.41, 5.74) is 0. The molecule has 0 saturated heterocycles. The third kappa shape index (κ3) is 12.2. The van der Waals surface area contributed by atoms with E-state index in [9.17, 15) is 0 Å². The van der Waals surface area contributed by atoms with Crippen LogP contribution >= 0.6 is 0 Å². The molecule has 0 aliphatic rings. The maximum atomic E-state index is 3.47. The molecule has 0 amide bonds. The van der Waals surface area contributed by atoms with Crippen LogP contribution in [0.4, 0.5) is 0 Å². The van der Waals surface area contributed by atoms with Gasteiger partial charge >= 0.3 is 26.2 Å². The fourth-order valence-electron chi connectivity index (χ4n) is 0.186. The van der Waals surface area contributed by atoms with Crippen LogP contribution in [0.3, 0.4) is 0 Å². The minimum atomic E-state index is 0. The quantitative estimate of drug-likeness (QED) is 0.464. The summed E-state index contributed by atoms with van der Waals surface area (Å²) in [5, 5.41) is 6.03. The third-order valence-electron chi connectivity index (χ3n) is 0.362. The first-order valence-electron chi connectivity index (χ1n) is 1.36. The van der Waals surface area contributed by atoms with Crippen LogP contribution < -0.4 is 37.2 Å². The molecule has 0 aromatic carbocycles. The Morgan fingerprint density at radius 1 is 1.22 bits per heavy atom. The molecule has 0 aliphatic carbocycles. The van der Waals surface area contributed by atoms with E-state index in [0.717, 1.165) is 0 Å². The van der Waals surface area contributed by atoms with Crippen molar-refractivity contribution in [1.82, 2.24) is 10.2 Å². The molecule has 1 aromatic rings. The molecule has 1 heterocycles. The normalized spacial score (nSPS) is 4.44. The molecule has 2 nitrogen and oxygen atoms in total. The Labute approximate surface area is 91.5 Å². The van der Waals surface area contributed by atoms with Crippen molar-refractivity contribution >= 4 is 0 Å². The predicted octanol–water partition coefficient (Wildman–Crippen LogP) is -8.78. The van der Waals surface area contributed by atoms with Crippen LogP contribution in [0.2, 0.25) is 0 Å². The molecule has 9 heavy (non-hydrogen) atoms. The average molecular weight is 265 g/mol. The van der Waals surface area contributed by atoms with Gasteiger partial charge < -0.3 is 47.4 Å². The molecule has 0 fully saturated rings. The van der Waals surface area contributed by atoms with Gasteiger partial charge in [-0.2, -0.15) is 6.07 Å². The fraction of sp³-hybridized carbons (Fsp3) is 0. The molecule has 1 N–H and O–H groups in total. The molecule has 1 aromatic heterocycles. The summed E-state index contributed by atoms with van der Waals surface area (Å²) in [6.45, 7) is 0. The summed E-state index contributed by atoms with van der Waals surface area (Å²) in [4.78, 5) is 0. The van der Waals surface area contributed by atoms with Gasteiger partial charge in [0.25, 0.3) is 0 Å². The molecular weight excluding hydrogens is 262 g/mol. The first-order valence-corrected chi connectivity index (χ1v) is 1.36. The molecule has 0 aliphatic heterocycles. The van der Waals surface area contributed by atoms with Gasteiger partial charge in [0.05, 0.1) is 0 Å². The van der Waals surface area contributed by atoms with E-state index in [4.69, 9.17) is 0 Å². The van der Waals surface area contributed by atoms with Gasteiger partial charge in [-0.05, 0) is 0 Å². The molecule has 0 saturated carbocycles. The van der Waals surface area contributed by atoms with Gasteiger partial charge in [-0.15, -0.1) is 12.4 Å². The zero-order valence-electron chi connectivity index (χ0n) is 4.24. The van der Waals surface area contributed by atoms with Gasteiger partial charge in [0.15, 0.2) is 0 Å². The second-order valence-electron chi connectivity index (χ2n) is 0.703. The maximum Gasteiger partial charge on any atom is 4.00 e. The smallest absolute Gasteiger partial charge is 1.00 e. The van der Waals surface area contributed by atoms with E-state index in [0.29, 0.717) is 0 Å².